The molecule has 0 radical (unpaired) electrons. The van der Waals surface area contributed by atoms with E-state index in [2.05, 4.69) is 53.4 Å². The lowest BCUT2D eigenvalue weighted by molar-refractivity contribution is -0.148. The zero-order chi connectivity index (χ0) is 17.3. The highest BCUT2D eigenvalue weighted by atomic mass is 16.6. The Bertz CT molecular complexity index is 1000. The minimum Gasteiger partial charge on any atom is -0.449 e. The van der Waals surface area contributed by atoms with Gasteiger partial charge in [0.1, 0.15) is 0 Å². The van der Waals surface area contributed by atoms with Crippen LogP contribution in [0.3, 0.4) is 0 Å². The van der Waals surface area contributed by atoms with Crippen LogP contribution in [-0.2, 0) is 9.53 Å². The van der Waals surface area contributed by atoms with Crippen LogP contribution < -0.4 is 0 Å². The molecule has 3 aliphatic heterocycles. The Morgan fingerprint density at radius 3 is 2.85 bits per heavy atom. The molecule has 0 saturated carbocycles. The van der Waals surface area contributed by atoms with Crippen LogP contribution >= 0.6 is 0 Å². The van der Waals surface area contributed by atoms with Gasteiger partial charge in [0.25, 0.3) is 0 Å². The molecule has 2 bridgehead atoms. The van der Waals surface area contributed by atoms with Crippen LogP contribution in [0, 0.1) is 0 Å². The number of piperidine rings is 1. The van der Waals surface area contributed by atoms with Crippen molar-refractivity contribution in [2.45, 2.75) is 43.4 Å². The Kier molecular flexibility index (Phi) is 2.88. The Morgan fingerprint density at radius 1 is 1.04 bits per heavy atom. The number of hydrogen-bond acceptors (Lipinski definition) is 3. The molecule has 130 valence electrons. The fraction of sp³-hybridized carbons (Fsp3) is 0.348. The maximum absolute atomic E-state index is 12.1. The first-order valence-corrected chi connectivity index (χ1v) is 9.66. The molecule has 0 amide bonds. The van der Waals surface area contributed by atoms with E-state index in [0.717, 1.165) is 25.0 Å². The second-order valence-corrected chi connectivity index (χ2v) is 8.04. The minimum atomic E-state index is -0.386. The summed E-state index contributed by atoms with van der Waals surface area (Å²) in [6.45, 7) is 1.10. The molecule has 0 N–H and O–H groups in total. The highest BCUT2D eigenvalue weighted by Crippen LogP contribution is 2.55. The molecular formula is C23H21NO2. The molecule has 6 rings (SSSR count). The largest absolute Gasteiger partial charge is 0.449 e. The van der Waals surface area contributed by atoms with Gasteiger partial charge >= 0.3 is 5.97 Å². The van der Waals surface area contributed by atoms with E-state index in [1.54, 1.807) is 6.08 Å². The molecule has 2 saturated heterocycles. The van der Waals surface area contributed by atoms with Crippen molar-refractivity contribution in [3.05, 3.63) is 65.8 Å². The normalized spacial score (nSPS) is 32.7. The molecule has 3 atom stereocenters. The molecule has 2 aromatic rings. The van der Waals surface area contributed by atoms with Crippen molar-refractivity contribution in [2.24, 2.45) is 0 Å². The van der Waals surface area contributed by atoms with E-state index in [1.807, 2.05) is 0 Å². The second kappa shape index (κ2) is 5.08. The van der Waals surface area contributed by atoms with E-state index in [9.17, 15) is 4.79 Å². The van der Waals surface area contributed by atoms with Crippen LogP contribution in [0.4, 0.5) is 0 Å². The summed E-state index contributed by atoms with van der Waals surface area (Å²) in [7, 11) is 0. The molecule has 3 heteroatoms. The van der Waals surface area contributed by atoms with Crippen molar-refractivity contribution in [1.82, 2.24) is 4.90 Å². The molecule has 2 aromatic carbocycles. The molecule has 4 aliphatic rings. The molecule has 3 nitrogen and oxygen atoms in total. The van der Waals surface area contributed by atoms with Crippen LogP contribution in [0.5, 0.6) is 0 Å². The maximum atomic E-state index is 12.1. The Hall–Kier alpha value is -2.39. The first-order valence-electron chi connectivity index (χ1n) is 9.66. The zero-order valence-corrected chi connectivity index (χ0v) is 14.7. The number of fused-ring (bicyclic) bond motifs is 4. The van der Waals surface area contributed by atoms with Gasteiger partial charge in [-0.25, -0.2) is 4.79 Å². The highest BCUT2D eigenvalue weighted by molar-refractivity contribution is 5.92. The molecular weight excluding hydrogens is 322 g/mol. The van der Waals surface area contributed by atoms with Crippen molar-refractivity contribution >= 4 is 22.3 Å². The summed E-state index contributed by atoms with van der Waals surface area (Å²) in [4.78, 5) is 14.8. The van der Waals surface area contributed by atoms with Crippen LogP contribution in [0.15, 0.2) is 60.2 Å². The van der Waals surface area contributed by atoms with Gasteiger partial charge in [-0.2, -0.15) is 0 Å². The molecule has 0 aromatic heterocycles. The van der Waals surface area contributed by atoms with Gasteiger partial charge in [0.05, 0.1) is 6.04 Å². The van der Waals surface area contributed by atoms with Gasteiger partial charge in [-0.3, -0.25) is 4.90 Å². The predicted octanol–water partition coefficient (Wildman–Crippen LogP) is 4.09. The third kappa shape index (κ3) is 1.84. The van der Waals surface area contributed by atoms with Crippen LogP contribution in [0.1, 0.15) is 31.2 Å². The van der Waals surface area contributed by atoms with Crippen LogP contribution in [0.25, 0.3) is 16.3 Å². The summed E-state index contributed by atoms with van der Waals surface area (Å²) in [5.41, 5.74) is 3.33. The van der Waals surface area contributed by atoms with E-state index in [-0.39, 0.29) is 11.6 Å². The molecule has 3 heterocycles. The fourth-order valence-electron chi connectivity index (χ4n) is 5.67. The van der Waals surface area contributed by atoms with Gasteiger partial charge in [0.15, 0.2) is 5.60 Å². The van der Waals surface area contributed by atoms with Gasteiger partial charge in [0, 0.05) is 24.1 Å². The predicted molar refractivity (Wildman–Crippen MR) is 102 cm³/mol. The summed E-state index contributed by atoms with van der Waals surface area (Å²) in [5.74, 6) is -0.165. The third-order valence-corrected chi connectivity index (χ3v) is 6.78. The van der Waals surface area contributed by atoms with Crippen molar-refractivity contribution in [2.75, 3.05) is 6.54 Å². The van der Waals surface area contributed by atoms with E-state index in [0.29, 0.717) is 12.1 Å². The standard InChI is InChI=1S/C23H21NO2/c25-22-13-18-12-19(17-9-8-15-5-1-2-6-16(15)11-17)20-14-23(18,26-22)21-7-3-4-10-24(20)21/h1-2,5-6,8-9,11-13,20-21H,3-4,7,10,14H2/t20-,21+,23-/m0/s1. The molecule has 26 heavy (non-hydrogen) atoms. The van der Waals surface area contributed by atoms with Gasteiger partial charge in [-0.15, -0.1) is 0 Å². The van der Waals surface area contributed by atoms with Crippen molar-refractivity contribution in [3.63, 3.8) is 0 Å². The average Bonchev–Trinajstić information content (AvgIpc) is 3.16. The summed E-state index contributed by atoms with van der Waals surface area (Å²) >= 11 is 0. The third-order valence-electron chi connectivity index (χ3n) is 6.78. The second-order valence-electron chi connectivity index (χ2n) is 8.04. The maximum Gasteiger partial charge on any atom is 0.332 e. The number of carbonyl (C=O) groups excluding carboxylic acids is 1. The number of hydrogen-bond donors (Lipinski definition) is 0. The summed E-state index contributed by atoms with van der Waals surface area (Å²) in [5, 5.41) is 2.53. The number of carbonyl (C=O) groups is 1. The Labute approximate surface area is 152 Å². The van der Waals surface area contributed by atoms with E-state index >= 15 is 0 Å². The summed E-state index contributed by atoms with van der Waals surface area (Å²) < 4.78 is 5.95. The lowest BCUT2D eigenvalue weighted by Crippen LogP contribution is -2.48. The molecule has 1 aliphatic carbocycles. The van der Waals surface area contributed by atoms with Crippen LogP contribution in [0.2, 0.25) is 0 Å². The van der Waals surface area contributed by atoms with Gasteiger partial charge < -0.3 is 4.74 Å². The number of rotatable bonds is 1. The van der Waals surface area contributed by atoms with Gasteiger partial charge in [-0.1, -0.05) is 42.8 Å². The number of ether oxygens (including phenoxy) is 1. The topological polar surface area (TPSA) is 29.5 Å². The molecule has 2 fully saturated rings. The number of benzene rings is 2. The fourth-order valence-corrected chi connectivity index (χ4v) is 5.67. The molecule has 1 spiro atoms. The number of esters is 1. The SMILES string of the molecule is O=C1C=C2C=C(c3ccc4ccccc4c3)[C@@H]3C[C@@]2(O1)[C@H]1CCCCN31. The van der Waals surface area contributed by atoms with Gasteiger partial charge in [0.2, 0.25) is 0 Å². The minimum absolute atomic E-state index is 0.165. The van der Waals surface area contributed by atoms with E-state index < -0.39 is 0 Å². The summed E-state index contributed by atoms with van der Waals surface area (Å²) in [6, 6.07) is 15.9. The Morgan fingerprint density at radius 2 is 1.92 bits per heavy atom. The first-order chi connectivity index (χ1) is 12.7. The lowest BCUT2D eigenvalue weighted by Gasteiger charge is -2.37. The smallest absolute Gasteiger partial charge is 0.332 e. The van der Waals surface area contributed by atoms with Crippen molar-refractivity contribution < 1.29 is 9.53 Å². The number of nitrogens with zero attached hydrogens (tertiary/aromatic N) is 1. The molecule has 0 unspecified atom stereocenters. The first kappa shape index (κ1) is 14.7. The zero-order valence-electron chi connectivity index (χ0n) is 14.7. The van der Waals surface area contributed by atoms with Crippen molar-refractivity contribution in [1.29, 1.82) is 0 Å². The van der Waals surface area contributed by atoms with Crippen LogP contribution in [-0.4, -0.2) is 35.1 Å². The van der Waals surface area contributed by atoms with Gasteiger partial charge in [-0.05, 0) is 53.4 Å². The van der Waals surface area contributed by atoms with E-state index in [1.165, 1.54) is 34.8 Å². The summed E-state index contributed by atoms with van der Waals surface area (Å²) in [6.07, 6.45) is 8.48. The highest BCUT2D eigenvalue weighted by Gasteiger charge is 2.61. The Balaban J connectivity index is 1.52. The lowest BCUT2D eigenvalue weighted by atomic mass is 9.77. The van der Waals surface area contributed by atoms with Crippen molar-refractivity contribution in [3.8, 4) is 0 Å². The van der Waals surface area contributed by atoms with E-state index in [4.69, 9.17) is 4.74 Å². The average molecular weight is 343 g/mol. The quantitative estimate of drug-likeness (QED) is 0.731. The monoisotopic (exact) mass is 343 g/mol.